The van der Waals surface area contributed by atoms with Gasteiger partial charge in [-0.2, -0.15) is 0 Å². The molecule has 1 aliphatic rings. The van der Waals surface area contributed by atoms with Gasteiger partial charge in [0.1, 0.15) is 11.8 Å². The first-order valence-corrected chi connectivity index (χ1v) is 18.1. The number of aromatic nitrogens is 1. The van der Waals surface area contributed by atoms with Crippen LogP contribution in [-0.4, -0.2) is 77.4 Å². The van der Waals surface area contributed by atoms with Crippen molar-refractivity contribution >= 4 is 29.7 Å². The monoisotopic (exact) mass is 709 g/mol. The Hall–Kier alpha value is -4.32. The molecule has 0 radical (unpaired) electrons. The number of hydrogen-bond donors (Lipinski definition) is 4. The first kappa shape index (κ1) is 42.8. The Kier molecular flexibility index (Phi) is 18.9. The zero-order valence-corrected chi connectivity index (χ0v) is 31.2. The Morgan fingerprint density at radius 3 is 2.24 bits per heavy atom. The molecule has 0 saturated heterocycles. The van der Waals surface area contributed by atoms with Gasteiger partial charge in [0.25, 0.3) is 5.91 Å². The van der Waals surface area contributed by atoms with E-state index < -0.39 is 35.9 Å². The molecule has 12 heteroatoms. The highest BCUT2D eigenvalue weighted by Gasteiger charge is 2.32. The van der Waals surface area contributed by atoms with Crippen LogP contribution in [0.2, 0.25) is 0 Å². The number of hydrogen-bond acceptors (Lipinski definition) is 8. The predicted octanol–water partition coefficient (Wildman–Crippen LogP) is 5.06. The van der Waals surface area contributed by atoms with Crippen molar-refractivity contribution in [2.45, 2.75) is 110 Å². The predicted molar refractivity (Wildman–Crippen MR) is 197 cm³/mol. The van der Waals surface area contributed by atoms with Gasteiger partial charge in [0.15, 0.2) is 0 Å². The first-order chi connectivity index (χ1) is 24.2. The summed E-state index contributed by atoms with van der Waals surface area (Å²) in [6.45, 7) is 8.02. The van der Waals surface area contributed by atoms with Gasteiger partial charge in [-0.25, -0.2) is 4.98 Å². The molecule has 0 bridgehead atoms. The van der Waals surface area contributed by atoms with Crippen molar-refractivity contribution in [1.29, 1.82) is 0 Å². The normalized spacial score (nSPS) is 14.6. The molecule has 1 aliphatic carbocycles. The van der Waals surface area contributed by atoms with Crippen molar-refractivity contribution in [3.8, 4) is 0 Å². The van der Waals surface area contributed by atoms with Crippen LogP contribution >= 0.6 is 0 Å². The number of primary amides is 1. The fourth-order valence-corrected chi connectivity index (χ4v) is 5.84. The third kappa shape index (κ3) is 17.0. The van der Waals surface area contributed by atoms with Crippen LogP contribution in [-0.2, 0) is 30.3 Å². The largest absolute Gasteiger partial charge is 0.481 e. The number of nitrogens with two attached hydrogens (primary N) is 1. The maximum atomic E-state index is 13.3. The molecule has 1 fully saturated rings. The maximum absolute atomic E-state index is 13.3. The molecule has 3 amide bonds. The summed E-state index contributed by atoms with van der Waals surface area (Å²) in [4.78, 5) is 66.4. The minimum Gasteiger partial charge on any atom is -0.481 e. The number of benzene rings is 1. The van der Waals surface area contributed by atoms with E-state index >= 15 is 0 Å². The summed E-state index contributed by atoms with van der Waals surface area (Å²) in [5.41, 5.74) is 6.49. The number of ether oxygens (including phenoxy) is 1. The number of nitrogens with zero attached hydrogens (tertiary/aromatic N) is 2. The molecule has 4 unspecified atom stereocenters. The van der Waals surface area contributed by atoms with Gasteiger partial charge in [-0.15, -0.1) is 0 Å². The highest BCUT2D eigenvalue weighted by Crippen LogP contribution is 2.34. The van der Waals surface area contributed by atoms with Crippen LogP contribution in [0.4, 0.5) is 0 Å². The number of unbranched alkanes of at least 4 members (excludes halogenated alkanes) is 2. The van der Waals surface area contributed by atoms with Crippen molar-refractivity contribution in [1.82, 2.24) is 20.5 Å². The van der Waals surface area contributed by atoms with Gasteiger partial charge in [-0.1, -0.05) is 63.6 Å². The van der Waals surface area contributed by atoms with Gasteiger partial charge in [-0.3, -0.25) is 24.0 Å². The SMILES string of the molecule is CC(=O)OC(CC(C(C)C)N(C)C(=O)CC1CC1)c1cccc(C(=O)NC(Cc2ccccc2)CC(C)C(=O)O)n1.CNCCCCCC(N)=O. The molecule has 0 aliphatic heterocycles. The molecule has 1 aromatic carbocycles. The van der Waals surface area contributed by atoms with Crippen LogP contribution in [0.25, 0.3) is 0 Å². The maximum Gasteiger partial charge on any atom is 0.306 e. The lowest BCUT2D eigenvalue weighted by atomic mass is 9.94. The molecule has 0 spiro atoms. The van der Waals surface area contributed by atoms with E-state index in [0.29, 0.717) is 37.3 Å². The smallest absolute Gasteiger partial charge is 0.306 e. The van der Waals surface area contributed by atoms with Crippen molar-refractivity contribution in [2.75, 3.05) is 20.6 Å². The number of pyridine rings is 1. The third-order valence-electron chi connectivity index (χ3n) is 8.99. The Balaban J connectivity index is 0.000000783. The molecule has 1 saturated carbocycles. The number of nitrogens with one attached hydrogen (secondary N) is 2. The summed E-state index contributed by atoms with van der Waals surface area (Å²) < 4.78 is 5.68. The Morgan fingerprint density at radius 2 is 1.67 bits per heavy atom. The zero-order valence-electron chi connectivity index (χ0n) is 31.2. The number of esters is 1. The summed E-state index contributed by atoms with van der Waals surface area (Å²) in [5.74, 6) is -2.05. The minimum absolute atomic E-state index is 0.0777. The van der Waals surface area contributed by atoms with E-state index in [1.165, 1.54) is 6.92 Å². The molecule has 5 N–H and O–H groups in total. The quantitative estimate of drug-likeness (QED) is 0.102. The van der Waals surface area contributed by atoms with Crippen molar-refractivity contribution in [2.24, 2.45) is 23.5 Å². The number of carbonyl (C=O) groups excluding carboxylic acids is 4. The van der Waals surface area contributed by atoms with Crippen LogP contribution in [0.15, 0.2) is 48.5 Å². The van der Waals surface area contributed by atoms with E-state index in [-0.39, 0.29) is 35.9 Å². The number of aliphatic carboxylic acids is 1. The Bertz CT molecular complexity index is 1400. The Morgan fingerprint density at radius 1 is 0.980 bits per heavy atom. The number of rotatable bonds is 21. The van der Waals surface area contributed by atoms with Gasteiger partial charge in [0.2, 0.25) is 11.8 Å². The number of amides is 3. The average Bonchev–Trinajstić information content (AvgIpc) is 3.90. The molecule has 1 heterocycles. The van der Waals surface area contributed by atoms with Gasteiger partial charge in [0.05, 0.1) is 11.6 Å². The molecular formula is C39H59N5O7. The van der Waals surface area contributed by atoms with Gasteiger partial charge >= 0.3 is 11.9 Å². The number of carboxylic acid groups (broad SMARTS) is 1. The molecular weight excluding hydrogens is 650 g/mol. The highest BCUT2D eigenvalue weighted by molar-refractivity contribution is 5.92. The lowest BCUT2D eigenvalue weighted by Crippen LogP contribution is -2.42. The van der Waals surface area contributed by atoms with Crippen molar-refractivity contribution in [3.63, 3.8) is 0 Å². The first-order valence-electron chi connectivity index (χ1n) is 18.1. The molecule has 282 valence electrons. The van der Waals surface area contributed by atoms with Crippen molar-refractivity contribution < 1.29 is 33.8 Å². The molecule has 2 aromatic rings. The van der Waals surface area contributed by atoms with Crippen molar-refractivity contribution in [3.05, 3.63) is 65.5 Å². The van der Waals surface area contributed by atoms with Gasteiger partial charge < -0.3 is 31.1 Å². The standard InChI is InChI=1S/C32H43N3O6.C7H16N2O/c1-20(2)28(35(5)30(37)18-24-14-15-24)19-29(41-22(4)36)26-12-9-13-27(34-26)31(38)33-25(16-21(3)32(39)40)17-23-10-7-6-8-11-23;1-9-6-4-2-3-5-7(8)10/h6-13,20-21,24-25,28-29H,14-19H2,1-5H3,(H,33,38)(H,39,40);9H,2-6H2,1H3,(H2,8,10). The number of carboxylic acids is 1. The van der Waals surface area contributed by atoms with E-state index in [9.17, 15) is 29.1 Å². The fourth-order valence-electron chi connectivity index (χ4n) is 5.84. The Labute approximate surface area is 303 Å². The minimum atomic E-state index is -0.929. The molecule has 51 heavy (non-hydrogen) atoms. The lowest BCUT2D eigenvalue weighted by molar-refractivity contribution is -0.148. The molecule has 12 nitrogen and oxygen atoms in total. The second-order valence-electron chi connectivity index (χ2n) is 14.0. The second kappa shape index (κ2) is 22.5. The molecule has 1 aromatic heterocycles. The summed E-state index contributed by atoms with van der Waals surface area (Å²) in [6.07, 6.45) is 6.68. The van der Waals surface area contributed by atoms with E-state index in [1.54, 1.807) is 37.1 Å². The van der Waals surface area contributed by atoms with Crippen LogP contribution in [0.5, 0.6) is 0 Å². The van der Waals surface area contributed by atoms with Gasteiger partial charge in [-0.05, 0) is 81.6 Å². The van der Waals surface area contributed by atoms with Crippen LogP contribution in [0, 0.1) is 17.8 Å². The number of carbonyl (C=O) groups is 5. The zero-order chi connectivity index (χ0) is 37.9. The summed E-state index contributed by atoms with van der Waals surface area (Å²) in [5, 5.41) is 15.5. The molecule has 4 atom stereocenters. The van der Waals surface area contributed by atoms with E-state index in [2.05, 4.69) is 15.6 Å². The second-order valence-corrected chi connectivity index (χ2v) is 14.0. The van der Waals surface area contributed by atoms with E-state index in [0.717, 1.165) is 44.2 Å². The average molecular weight is 710 g/mol. The van der Waals surface area contributed by atoms with E-state index in [4.69, 9.17) is 10.5 Å². The topological polar surface area (TPSA) is 181 Å². The summed E-state index contributed by atoms with van der Waals surface area (Å²) in [6, 6.07) is 13.9. The fraction of sp³-hybridized carbons (Fsp3) is 0.590. The highest BCUT2D eigenvalue weighted by atomic mass is 16.5. The van der Waals surface area contributed by atoms with Crippen LogP contribution in [0.1, 0.15) is 113 Å². The lowest BCUT2D eigenvalue weighted by Gasteiger charge is -2.34. The molecule has 3 rings (SSSR count). The summed E-state index contributed by atoms with van der Waals surface area (Å²) in [7, 11) is 3.72. The third-order valence-corrected chi connectivity index (χ3v) is 8.99. The summed E-state index contributed by atoms with van der Waals surface area (Å²) >= 11 is 0. The van der Waals surface area contributed by atoms with Crippen LogP contribution in [0.3, 0.4) is 0 Å². The van der Waals surface area contributed by atoms with E-state index in [1.807, 2.05) is 51.2 Å². The van der Waals surface area contributed by atoms with Crippen LogP contribution < -0.4 is 16.4 Å². The van der Waals surface area contributed by atoms with Gasteiger partial charge in [0, 0.05) is 45.3 Å².